The van der Waals surface area contributed by atoms with Gasteiger partial charge < -0.3 is 16.0 Å². The molecule has 0 bridgehead atoms. The molecule has 0 fully saturated rings. The van der Waals surface area contributed by atoms with Crippen LogP contribution in [0.5, 0.6) is 0 Å². The number of carbonyl (C=O) groups excluding carboxylic acids is 3. The van der Waals surface area contributed by atoms with Gasteiger partial charge in [-0.3, -0.25) is 14.4 Å². The van der Waals surface area contributed by atoms with Gasteiger partial charge in [-0.25, -0.2) is 0 Å². The third-order valence-electron chi connectivity index (χ3n) is 5.61. The molecule has 0 heterocycles. The van der Waals surface area contributed by atoms with E-state index in [4.69, 9.17) is 11.6 Å². The third kappa shape index (κ3) is 8.33. The predicted octanol–water partition coefficient (Wildman–Crippen LogP) is 6.79. The number of carbonyl (C=O) groups is 3. The van der Waals surface area contributed by atoms with Crippen LogP contribution in [0.1, 0.15) is 21.5 Å². The number of amides is 3. The van der Waals surface area contributed by atoms with Crippen molar-refractivity contribution in [2.75, 3.05) is 16.4 Å². The normalized spacial score (nSPS) is 11.0. The zero-order valence-electron chi connectivity index (χ0n) is 21.1. The summed E-state index contributed by atoms with van der Waals surface area (Å²) in [5, 5.41) is 9.04. The van der Waals surface area contributed by atoms with Gasteiger partial charge in [-0.05, 0) is 78.7 Å². The van der Waals surface area contributed by atoms with Gasteiger partial charge in [0, 0.05) is 26.9 Å². The second-order valence-electron chi connectivity index (χ2n) is 8.56. The minimum Gasteiger partial charge on any atom is -0.325 e. The zero-order chi connectivity index (χ0) is 27.6. The fourth-order valence-corrected chi connectivity index (χ4v) is 4.47. The average molecular weight is 556 g/mol. The molecule has 6 nitrogen and oxygen atoms in total. The Bertz CT molecular complexity index is 1510. The molecule has 39 heavy (non-hydrogen) atoms. The van der Waals surface area contributed by atoms with Crippen molar-refractivity contribution in [2.45, 2.75) is 11.8 Å². The maximum atomic E-state index is 13.3. The lowest BCUT2D eigenvalue weighted by Crippen LogP contribution is -2.30. The molecule has 0 aliphatic carbocycles. The number of hydrogen-bond donors (Lipinski definition) is 3. The highest BCUT2D eigenvalue weighted by molar-refractivity contribution is 8.00. The average Bonchev–Trinajstić information content (AvgIpc) is 2.94. The molecule has 196 valence electrons. The first-order chi connectivity index (χ1) is 18.9. The summed E-state index contributed by atoms with van der Waals surface area (Å²) < 4.78 is 0. The summed E-state index contributed by atoms with van der Waals surface area (Å²) in [6.45, 7) is 1.93. The summed E-state index contributed by atoms with van der Waals surface area (Å²) in [6, 6.07) is 30.4. The van der Waals surface area contributed by atoms with Gasteiger partial charge in [0.1, 0.15) is 5.70 Å². The van der Waals surface area contributed by atoms with Crippen LogP contribution < -0.4 is 16.0 Å². The summed E-state index contributed by atoms with van der Waals surface area (Å²) in [4.78, 5) is 39.3. The van der Waals surface area contributed by atoms with Crippen molar-refractivity contribution in [3.63, 3.8) is 0 Å². The topological polar surface area (TPSA) is 87.3 Å². The largest absolute Gasteiger partial charge is 0.325 e. The first-order valence-electron chi connectivity index (χ1n) is 12.1. The second kappa shape index (κ2) is 13.5. The predicted molar refractivity (Wildman–Crippen MR) is 159 cm³/mol. The molecule has 4 aromatic rings. The summed E-state index contributed by atoms with van der Waals surface area (Å²) in [6.07, 6.45) is 1.66. The molecule has 0 saturated heterocycles. The van der Waals surface area contributed by atoms with Crippen LogP contribution in [-0.4, -0.2) is 23.5 Å². The molecule has 0 aliphatic rings. The van der Waals surface area contributed by atoms with Gasteiger partial charge in [-0.15, -0.1) is 11.8 Å². The molecule has 4 rings (SSSR count). The summed E-state index contributed by atoms with van der Waals surface area (Å²) >= 11 is 7.23. The Labute approximate surface area is 236 Å². The highest BCUT2D eigenvalue weighted by Gasteiger charge is 2.16. The van der Waals surface area contributed by atoms with E-state index in [1.807, 2.05) is 43.3 Å². The van der Waals surface area contributed by atoms with Crippen molar-refractivity contribution in [3.05, 3.63) is 131 Å². The van der Waals surface area contributed by atoms with Crippen LogP contribution >= 0.6 is 23.4 Å². The maximum absolute atomic E-state index is 13.3. The minimum absolute atomic E-state index is 0.110. The van der Waals surface area contributed by atoms with Gasteiger partial charge in [0.05, 0.1) is 5.75 Å². The molecule has 4 aromatic carbocycles. The molecule has 0 aliphatic heterocycles. The monoisotopic (exact) mass is 555 g/mol. The molecule has 0 spiro atoms. The van der Waals surface area contributed by atoms with Gasteiger partial charge in [-0.2, -0.15) is 0 Å². The molecule has 0 radical (unpaired) electrons. The number of rotatable bonds is 9. The Balaban J connectivity index is 1.45. The summed E-state index contributed by atoms with van der Waals surface area (Å²) in [5.74, 6) is -0.832. The molecule has 0 atom stereocenters. The van der Waals surface area contributed by atoms with Gasteiger partial charge in [0.25, 0.3) is 11.8 Å². The van der Waals surface area contributed by atoms with Crippen LogP contribution in [0.3, 0.4) is 0 Å². The van der Waals surface area contributed by atoms with E-state index in [1.165, 1.54) is 11.8 Å². The second-order valence-corrected chi connectivity index (χ2v) is 10.0. The molecule has 0 saturated carbocycles. The van der Waals surface area contributed by atoms with Crippen molar-refractivity contribution in [1.82, 2.24) is 5.32 Å². The Morgan fingerprint density at radius 2 is 1.51 bits per heavy atom. The molecular weight excluding hydrogens is 530 g/mol. The van der Waals surface area contributed by atoms with Crippen LogP contribution in [0, 0.1) is 6.92 Å². The number of nitrogens with one attached hydrogen (secondary N) is 3. The highest BCUT2D eigenvalue weighted by atomic mass is 35.5. The fourth-order valence-electron chi connectivity index (χ4n) is 3.59. The van der Waals surface area contributed by atoms with Gasteiger partial charge in [0.2, 0.25) is 5.91 Å². The van der Waals surface area contributed by atoms with Crippen molar-refractivity contribution in [3.8, 4) is 0 Å². The van der Waals surface area contributed by atoms with Crippen molar-refractivity contribution >= 4 is 58.5 Å². The number of benzene rings is 4. The fraction of sp³-hybridized carbons (Fsp3) is 0.0645. The lowest BCUT2D eigenvalue weighted by molar-refractivity contribution is -0.114. The smallest absolute Gasteiger partial charge is 0.272 e. The molecular formula is C31H26ClN3O3S. The highest BCUT2D eigenvalue weighted by Crippen LogP contribution is 2.23. The summed E-state index contributed by atoms with van der Waals surface area (Å²) in [5.41, 5.74) is 3.53. The van der Waals surface area contributed by atoms with E-state index in [0.29, 0.717) is 22.0 Å². The van der Waals surface area contributed by atoms with E-state index < -0.39 is 5.91 Å². The van der Waals surface area contributed by atoms with Crippen LogP contribution in [0.2, 0.25) is 5.02 Å². The lowest BCUT2D eigenvalue weighted by Gasteiger charge is -2.13. The Kier molecular flexibility index (Phi) is 9.56. The zero-order valence-corrected chi connectivity index (χ0v) is 22.7. The molecule has 3 amide bonds. The third-order valence-corrected chi connectivity index (χ3v) is 6.85. The minimum atomic E-state index is -0.467. The SMILES string of the molecule is Cc1ccccc1/C=C(\NC(=O)c1ccccc1)C(=O)Nc1cccc(SCC(=O)Nc2ccc(Cl)cc2)c1. The first kappa shape index (κ1) is 27.7. The van der Waals surface area contributed by atoms with Crippen LogP contribution in [0.15, 0.2) is 114 Å². The maximum Gasteiger partial charge on any atom is 0.272 e. The van der Waals surface area contributed by atoms with Gasteiger partial charge in [-0.1, -0.05) is 60.1 Å². The first-order valence-corrected chi connectivity index (χ1v) is 13.5. The van der Waals surface area contributed by atoms with Crippen LogP contribution in [-0.2, 0) is 9.59 Å². The van der Waals surface area contributed by atoms with E-state index in [9.17, 15) is 14.4 Å². The number of halogens is 1. The lowest BCUT2D eigenvalue weighted by atomic mass is 10.1. The molecule has 3 N–H and O–H groups in total. The van der Waals surface area contributed by atoms with E-state index in [2.05, 4.69) is 16.0 Å². The molecule has 8 heteroatoms. The molecule has 0 aromatic heterocycles. The van der Waals surface area contributed by atoms with Gasteiger partial charge >= 0.3 is 0 Å². The van der Waals surface area contributed by atoms with E-state index >= 15 is 0 Å². The number of hydrogen-bond acceptors (Lipinski definition) is 4. The summed E-state index contributed by atoms with van der Waals surface area (Å²) in [7, 11) is 0. The number of anilines is 2. The Morgan fingerprint density at radius 1 is 0.795 bits per heavy atom. The number of aryl methyl sites for hydroxylation is 1. The molecule has 0 unspecified atom stereocenters. The van der Waals surface area contributed by atoms with Crippen molar-refractivity contribution in [1.29, 1.82) is 0 Å². The Morgan fingerprint density at radius 3 is 2.26 bits per heavy atom. The number of thioether (sulfide) groups is 1. The standard InChI is InChI=1S/C31H26ClN3O3S/c1-21-8-5-6-11-23(21)18-28(35-30(37)22-9-3-2-4-10-22)31(38)34-26-12-7-13-27(19-26)39-20-29(36)33-25-16-14-24(32)15-17-25/h2-19H,20H2,1H3,(H,33,36)(H,34,38)(H,35,37)/b28-18-. The van der Waals surface area contributed by atoms with Crippen LogP contribution in [0.4, 0.5) is 11.4 Å². The van der Waals surface area contributed by atoms with Crippen molar-refractivity contribution < 1.29 is 14.4 Å². The van der Waals surface area contributed by atoms with E-state index in [-0.39, 0.29) is 23.3 Å². The van der Waals surface area contributed by atoms with E-state index in [1.54, 1.807) is 72.8 Å². The Hall–Kier alpha value is -4.33. The van der Waals surface area contributed by atoms with E-state index in [0.717, 1.165) is 16.0 Å². The van der Waals surface area contributed by atoms with Gasteiger partial charge in [0.15, 0.2) is 0 Å². The van der Waals surface area contributed by atoms with Crippen LogP contribution in [0.25, 0.3) is 6.08 Å². The quantitative estimate of drug-likeness (QED) is 0.157. The van der Waals surface area contributed by atoms with Crippen molar-refractivity contribution in [2.24, 2.45) is 0 Å².